The predicted octanol–water partition coefficient (Wildman–Crippen LogP) is 15.4. The highest BCUT2D eigenvalue weighted by Crippen LogP contribution is 2.48. The minimum absolute atomic E-state index is 0.106. The Bertz CT molecular complexity index is 5170. The molecule has 2 unspecified atom stereocenters. The third-order valence-electron chi connectivity index (χ3n) is 15.9. The number of fused-ring (bicyclic) bond motifs is 10. The van der Waals surface area contributed by atoms with Crippen molar-refractivity contribution in [3.05, 3.63) is 260 Å². The summed E-state index contributed by atoms with van der Waals surface area (Å²) < 4.78 is 123. The number of rotatable bonds is 8. The first kappa shape index (κ1) is 37.7. The first-order chi connectivity index (χ1) is 43.9. The molecular weight excluding hydrogens is 996 g/mol. The van der Waals surface area contributed by atoms with E-state index >= 15 is 0 Å². The normalized spacial score (nSPS) is 16.6. The third kappa shape index (κ3) is 7.67. The second-order valence-electron chi connectivity index (χ2n) is 21.6. The summed E-state index contributed by atoms with van der Waals surface area (Å²) in [6.45, 7) is 6.37. The molecule has 6 heterocycles. The first-order valence-corrected chi connectivity index (χ1v) is 26.9. The van der Waals surface area contributed by atoms with Crippen LogP contribution in [0.25, 0.3) is 83.4 Å². The van der Waals surface area contributed by atoms with E-state index in [1.54, 1.807) is 22.8 Å². The number of ether oxygens (including phenoxy) is 4. The Balaban J connectivity index is 0.907. The molecular formula is C72H51BN4O4. The molecule has 2 atom stereocenters. The average Bonchev–Trinajstić information content (AvgIpc) is 1.72. The van der Waals surface area contributed by atoms with Gasteiger partial charge in [-0.1, -0.05) is 172 Å². The van der Waals surface area contributed by atoms with Crippen molar-refractivity contribution >= 4 is 50.5 Å². The minimum Gasteiger partial charge on any atom is -0.458 e. The second-order valence-corrected chi connectivity index (χ2v) is 21.6. The summed E-state index contributed by atoms with van der Waals surface area (Å²) in [6, 6.07) is 51.0. The second kappa shape index (κ2) is 18.2. The Morgan fingerprint density at radius 3 is 2.10 bits per heavy atom. The van der Waals surface area contributed by atoms with Crippen molar-refractivity contribution in [1.82, 2.24) is 14.1 Å². The molecule has 0 N–H and O–H groups in total. The van der Waals surface area contributed by atoms with E-state index in [0.717, 1.165) is 55.4 Å². The van der Waals surface area contributed by atoms with E-state index in [0.29, 0.717) is 56.6 Å². The SMILES string of the molecule is [2H]c1c([2H])c([2H])c(-c2cccc(-c3c([2H])c([2H])c([2H])c([2H])c3[2H])c2-[n+]2[c-]n(-c3cccc(Oc4ccc5c6ccccc6n(-c6cc(C(C)(C)C)ccn6)c5c4)c3)c3ccc(-c4cc5c6c(c4)OC4Oc7ccccc7C4B6c4ccccc4O5)cc32)c([2H])c1[2H]. The minimum atomic E-state index is -0.641. The molecule has 3 aliphatic heterocycles. The lowest BCUT2D eigenvalue weighted by Gasteiger charge is -2.37. The molecule has 0 amide bonds. The Morgan fingerprint density at radius 2 is 1.28 bits per heavy atom. The van der Waals surface area contributed by atoms with E-state index in [-0.39, 0.29) is 45.9 Å². The Labute approximate surface area is 483 Å². The van der Waals surface area contributed by atoms with E-state index in [1.807, 2.05) is 132 Å². The van der Waals surface area contributed by atoms with Crippen molar-refractivity contribution < 1.29 is 37.2 Å². The smallest absolute Gasteiger partial charge is 0.269 e. The zero-order chi connectivity index (χ0) is 62.6. The summed E-state index contributed by atoms with van der Waals surface area (Å²) in [7, 11) is 0. The molecule has 81 heavy (non-hydrogen) atoms. The standard InChI is InChI=1S/C72H51BN4O4/c1-72(2,3)49-36-37-74-67(41-49)77-59-29-13-10-24-55(59)56-34-33-52(43-61(56)77)78-51-23-16-22-50(42-51)75-44-76(70-53(45-18-6-4-7-19-45)26-17-27-54(70)46-20-8-5-9-21-46)62-38-47(32-35-60(62)75)48-39-65-69-66(40-48)81-71-68(57-25-11-14-30-63(57)80-71)73(69)58-28-12-15-31-64(58)79-65/h4-43,68,71H,1-3H3/i4D,5D,6D,7D,8D,9D,18D,19D,20D,21D. The molecule has 8 nitrogen and oxygen atoms in total. The van der Waals surface area contributed by atoms with Gasteiger partial charge in [-0.2, -0.15) is 0 Å². The van der Waals surface area contributed by atoms with Crippen LogP contribution in [0.15, 0.2) is 243 Å². The molecule has 9 heteroatoms. The van der Waals surface area contributed by atoms with Crippen molar-refractivity contribution in [3.63, 3.8) is 0 Å². The number of para-hydroxylation sites is 4. The number of imidazole rings is 1. The molecule has 16 rings (SSSR count). The van der Waals surface area contributed by atoms with Crippen LogP contribution in [0.4, 0.5) is 0 Å². The number of pyridine rings is 1. The lowest BCUT2D eigenvalue weighted by atomic mass is 9.31. The van der Waals surface area contributed by atoms with Crippen LogP contribution < -0.4 is 34.4 Å². The zero-order valence-electron chi connectivity index (χ0n) is 54.0. The summed E-state index contributed by atoms with van der Waals surface area (Å²) in [5.41, 5.74) is 8.85. The van der Waals surface area contributed by atoms with Crippen LogP contribution in [0, 0.1) is 6.33 Å². The van der Waals surface area contributed by atoms with E-state index in [9.17, 15) is 5.48 Å². The van der Waals surface area contributed by atoms with Crippen LogP contribution in [0.5, 0.6) is 34.5 Å². The number of benzene rings is 10. The number of hydrogen-bond donors (Lipinski definition) is 0. The number of hydrogen-bond acceptors (Lipinski definition) is 5. The first-order valence-electron chi connectivity index (χ1n) is 31.9. The quantitative estimate of drug-likeness (QED) is 0.0862. The fraction of sp³-hybridized carbons (Fsp3) is 0.0833. The molecule has 0 saturated carbocycles. The van der Waals surface area contributed by atoms with Crippen molar-refractivity contribution in [3.8, 4) is 85.1 Å². The van der Waals surface area contributed by atoms with Crippen molar-refractivity contribution in [2.24, 2.45) is 0 Å². The summed E-state index contributed by atoms with van der Waals surface area (Å²) in [4.78, 5) is 4.88. The Morgan fingerprint density at radius 1 is 0.580 bits per heavy atom. The van der Waals surface area contributed by atoms with Crippen LogP contribution in [-0.2, 0) is 5.41 Å². The van der Waals surface area contributed by atoms with Gasteiger partial charge in [-0.15, -0.1) is 0 Å². The zero-order valence-corrected chi connectivity index (χ0v) is 44.0. The van der Waals surface area contributed by atoms with Gasteiger partial charge in [-0.3, -0.25) is 13.7 Å². The maximum atomic E-state index is 9.37. The molecule has 0 radical (unpaired) electrons. The lowest BCUT2D eigenvalue weighted by Crippen LogP contribution is -2.58. The van der Waals surface area contributed by atoms with Crippen LogP contribution in [-0.4, -0.2) is 27.1 Å². The molecule has 0 aliphatic carbocycles. The number of aromatic nitrogens is 4. The fourth-order valence-electron chi connectivity index (χ4n) is 12.2. The van der Waals surface area contributed by atoms with Crippen molar-refractivity contribution in [1.29, 1.82) is 0 Å². The van der Waals surface area contributed by atoms with E-state index in [2.05, 4.69) is 68.1 Å². The topological polar surface area (TPSA) is 63.6 Å². The van der Waals surface area contributed by atoms with Crippen LogP contribution >= 0.6 is 0 Å². The van der Waals surface area contributed by atoms with Gasteiger partial charge in [-0.25, -0.2) is 4.98 Å². The highest BCUT2D eigenvalue weighted by atomic mass is 16.7. The van der Waals surface area contributed by atoms with Gasteiger partial charge in [0.1, 0.15) is 40.3 Å². The monoisotopic (exact) mass is 1060 g/mol. The third-order valence-corrected chi connectivity index (χ3v) is 15.9. The maximum absolute atomic E-state index is 9.37. The molecule has 0 saturated heterocycles. The summed E-state index contributed by atoms with van der Waals surface area (Å²) in [6.07, 6.45) is 4.79. The highest BCUT2D eigenvalue weighted by Gasteiger charge is 2.52. The highest BCUT2D eigenvalue weighted by molar-refractivity contribution is 6.89. The van der Waals surface area contributed by atoms with Gasteiger partial charge >= 0.3 is 0 Å². The van der Waals surface area contributed by atoms with Gasteiger partial charge in [0.2, 0.25) is 13.0 Å². The maximum Gasteiger partial charge on any atom is 0.269 e. The van der Waals surface area contributed by atoms with Gasteiger partial charge in [0.05, 0.1) is 47.1 Å². The molecule has 10 aromatic carbocycles. The number of nitrogens with zero attached hydrogens (tertiary/aromatic N) is 4. The fourth-order valence-corrected chi connectivity index (χ4v) is 12.2. The van der Waals surface area contributed by atoms with E-state index in [4.69, 9.17) is 32.2 Å². The average molecular weight is 1060 g/mol. The molecule has 386 valence electrons. The van der Waals surface area contributed by atoms with Gasteiger partial charge in [0, 0.05) is 34.3 Å². The van der Waals surface area contributed by atoms with Gasteiger partial charge in [0.25, 0.3) is 6.33 Å². The largest absolute Gasteiger partial charge is 0.458 e. The molecule has 0 spiro atoms. The van der Waals surface area contributed by atoms with Crippen molar-refractivity contribution in [2.45, 2.75) is 38.3 Å². The van der Waals surface area contributed by atoms with Crippen LogP contribution in [0.2, 0.25) is 0 Å². The van der Waals surface area contributed by atoms with Gasteiger partial charge in [-0.05, 0) is 134 Å². The molecule has 0 fully saturated rings. The van der Waals surface area contributed by atoms with Crippen LogP contribution in [0.1, 0.15) is 51.4 Å². The predicted molar refractivity (Wildman–Crippen MR) is 323 cm³/mol. The Hall–Kier alpha value is -10.1. The summed E-state index contributed by atoms with van der Waals surface area (Å²) >= 11 is 0. The van der Waals surface area contributed by atoms with E-state index in [1.165, 1.54) is 0 Å². The summed E-state index contributed by atoms with van der Waals surface area (Å²) in [5.74, 6) is 4.31. The summed E-state index contributed by atoms with van der Waals surface area (Å²) in [5, 5.41) is 2.09. The van der Waals surface area contributed by atoms with E-state index < -0.39 is 66.7 Å². The molecule has 3 aliphatic rings. The van der Waals surface area contributed by atoms with Gasteiger partial charge in [0.15, 0.2) is 0 Å². The van der Waals surface area contributed by atoms with Gasteiger partial charge < -0.3 is 18.9 Å². The van der Waals surface area contributed by atoms with Crippen molar-refractivity contribution in [2.75, 3.05) is 0 Å². The molecule has 3 aromatic heterocycles. The lowest BCUT2D eigenvalue weighted by molar-refractivity contribution is -0.571. The Kier molecular flexibility index (Phi) is 8.47. The molecule has 0 bridgehead atoms. The molecule has 13 aromatic rings. The van der Waals surface area contributed by atoms with Crippen LogP contribution in [0.3, 0.4) is 0 Å².